The molecule has 10 heteroatoms. The SMILES string of the molecule is CN(c1ncc(-c2cnc(-n3ccnc3)cc2O)nn1)[C@@H]1C[C@@]2(C)CCC[C@](C)(N2)[C@H]1F. The highest BCUT2D eigenvalue weighted by Crippen LogP contribution is 2.43. The molecule has 2 saturated heterocycles. The molecule has 2 N–H and O–H groups in total. The van der Waals surface area contributed by atoms with Crippen LogP contribution in [-0.4, -0.2) is 65.2 Å². The number of rotatable bonds is 4. The van der Waals surface area contributed by atoms with Gasteiger partial charge in [0.1, 0.15) is 29.8 Å². The summed E-state index contributed by atoms with van der Waals surface area (Å²) in [7, 11) is 1.82. The second kappa shape index (κ2) is 7.47. The third-order valence-corrected chi connectivity index (χ3v) is 6.89. The van der Waals surface area contributed by atoms with Gasteiger partial charge in [-0.25, -0.2) is 19.3 Å². The predicted octanol–water partition coefficient (Wildman–Crippen LogP) is 2.66. The minimum Gasteiger partial charge on any atom is -0.507 e. The summed E-state index contributed by atoms with van der Waals surface area (Å²) in [6, 6.07) is 1.19. The molecule has 0 unspecified atom stereocenters. The summed E-state index contributed by atoms with van der Waals surface area (Å²) in [4.78, 5) is 14.6. The molecule has 3 aromatic heterocycles. The molecule has 0 radical (unpaired) electrons. The maximum atomic E-state index is 15.5. The van der Waals surface area contributed by atoms with Crippen LogP contribution in [0, 0.1) is 0 Å². The molecule has 0 aliphatic carbocycles. The van der Waals surface area contributed by atoms with Crippen LogP contribution in [0.5, 0.6) is 5.75 Å². The van der Waals surface area contributed by atoms with Crippen LogP contribution in [0.2, 0.25) is 0 Å². The number of nitrogens with zero attached hydrogens (tertiary/aromatic N) is 7. The molecule has 2 bridgehead atoms. The average Bonchev–Trinajstić information content (AvgIpc) is 3.31. The fourth-order valence-corrected chi connectivity index (χ4v) is 5.21. The van der Waals surface area contributed by atoms with Gasteiger partial charge in [-0.15, -0.1) is 10.2 Å². The van der Waals surface area contributed by atoms with E-state index in [2.05, 4.69) is 37.4 Å². The molecule has 0 saturated carbocycles. The van der Waals surface area contributed by atoms with Crippen molar-refractivity contribution in [2.75, 3.05) is 11.9 Å². The monoisotopic (exact) mass is 438 g/mol. The van der Waals surface area contributed by atoms with Gasteiger partial charge in [-0.05, 0) is 39.5 Å². The van der Waals surface area contributed by atoms with Crippen molar-refractivity contribution in [3.05, 3.63) is 37.2 Å². The summed E-state index contributed by atoms with van der Waals surface area (Å²) in [6.07, 6.45) is 10.5. The number of imidazole rings is 1. The lowest BCUT2D eigenvalue weighted by atomic mass is 9.68. The molecule has 0 amide bonds. The molecule has 32 heavy (non-hydrogen) atoms. The van der Waals surface area contributed by atoms with E-state index in [1.165, 1.54) is 18.5 Å². The van der Waals surface area contributed by atoms with Crippen LogP contribution in [0.15, 0.2) is 37.2 Å². The molecule has 9 nitrogen and oxygen atoms in total. The maximum absolute atomic E-state index is 15.5. The van der Waals surface area contributed by atoms with E-state index in [0.29, 0.717) is 29.4 Å². The average molecular weight is 439 g/mol. The van der Waals surface area contributed by atoms with E-state index in [0.717, 1.165) is 19.3 Å². The number of aromatic nitrogens is 6. The molecule has 2 aliphatic heterocycles. The number of hydrogen-bond acceptors (Lipinski definition) is 8. The zero-order valence-electron chi connectivity index (χ0n) is 18.4. The quantitative estimate of drug-likeness (QED) is 0.641. The van der Waals surface area contributed by atoms with Gasteiger partial charge in [0.2, 0.25) is 5.95 Å². The van der Waals surface area contributed by atoms with E-state index in [4.69, 9.17) is 0 Å². The van der Waals surface area contributed by atoms with E-state index in [1.54, 1.807) is 28.2 Å². The van der Waals surface area contributed by atoms with Gasteiger partial charge in [0.15, 0.2) is 0 Å². The second-order valence-corrected chi connectivity index (χ2v) is 9.41. The van der Waals surface area contributed by atoms with Gasteiger partial charge in [-0.2, -0.15) is 0 Å². The van der Waals surface area contributed by atoms with Crippen molar-refractivity contribution in [1.82, 2.24) is 35.0 Å². The molecular weight excluding hydrogens is 411 g/mol. The molecule has 0 spiro atoms. The maximum Gasteiger partial charge on any atom is 0.245 e. The normalized spacial score (nSPS) is 29.6. The summed E-state index contributed by atoms with van der Waals surface area (Å²) >= 11 is 0. The van der Waals surface area contributed by atoms with Crippen molar-refractivity contribution in [3.63, 3.8) is 0 Å². The molecule has 4 atom stereocenters. The number of pyridine rings is 1. The third kappa shape index (κ3) is 3.48. The van der Waals surface area contributed by atoms with Crippen LogP contribution in [0.25, 0.3) is 17.1 Å². The molecule has 5 heterocycles. The van der Waals surface area contributed by atoms with Crippen molar-refractivity contribution >= 4 is 5.95 Å². The Balaban J connectivity index is 1.38. The molecule has 168 valence electrons. The Labute approximate surface area is 185 Å². The van der Waals surface area contributed by atoms with Gasteiger partial charge in [-0.1, -0.05) is 0 Å². The lowest BCUT2D eigenvalue weighted by Gasteiger charge is -2.56. The standard InChI is InChI=1S/C22H27FN8O/c1-21-5-4-6-22(2,29-21)19(23)16(10-21)30(3)20-26-12-15(27-28-20)14-11-25-18(9-17(14)32)31-8-7-24-13-31/h7-9,11-13,16,19,29H,4-6,10H2,1-3H3,(H,25,32)/t16-,19+,21-,22+/m1/s1. The highest BCUT2D eigenvalue weighted by Gasteiger charge is 2.54. The Bertz CT molecular complexity index is 1110. The van der Waals surface area contributed by atoms with E-state index < -0.39 is 11.7 Å². The minimum absolute atomic E-state index is 0.0109. The summed E-state index contributed by atoms with van der Waals surface area (Å²) in [5, 5.41) is 22.5. The van der Waals surface area contributed by atoms with Crippen molar-refractivity contribution < 1.29 is 9.50 Å². The topological polar surface area (TPSA) is 105 Å². The van der Waals surface area contributed by atoms with E-state index in [9.17, 15) is 5.11 Å². The fourth-order valence-electron chi connectivity index (χ4n) is 5.21. The fraction of sp³-hybridized carbons (Fsp3) is 0.500. The van der Waals surface area contributed by atoms with Crippen molar-refractivity contribution in [2.24, 2.45) is 0 Å². The number of hydrogen-bond donors (Lipinski definition) is 2. The predicted molar refractivity (Wildman–Crippen MR) is 117 cm³/mol. The molecular formula is C22H27FN8O. The van der Waals surface area contributed by atoms with Gasteiger partial charge >= 0.3 is 0 Å². The molecule has 5 rings (SSSR count). The Hall–Kier alpha value is -3.14. The second-order valence-electron chi connectivity index (χ2n) is 9.41. The van der Waals surface area contributed by atoms with Crippen LogP contribution in [0.1, 0.15) is 39.5 Å². The smallest absolute Gasteiger partial charge is 0.245 e. The molecule has 2 aliphatic rings. The first-order valence-corrected chi connectivity index (χ1v) is 10.8. The van der Waals surface area contributed by atoms with Gasteiger partial charge in [0, 0.05) is 42.8 Å². The van der Waals surface area contributed by atoms with Crippen molar-refractivity contribution in [2.45, 2.75) is 62.8 Å². The van der Waals surface area contributed by atoms with Crippen LogP contribution in [-0.2, 0) is 0 Å². The first-order chi connectivity index (χ1) is 15.3. The van der Waals surface area contributed by atoms with Crippen LogP contribution >= 0.6 is 0 Å². The number of anilines is 1. The van der Waals surface area contributed by atoms with Gasteiger partial charge in [0.05, 0.1) is 17.8 Å². The zero-order chi connectivity index (χ0) is 22.5. The van der Waals surface area contributed by atoms with Crippen molar-refractivity contribution in [3.8, 4) is 22.8 Å². The first-order valence-electron chi connectivity index (χ1n) is 10.8. The zero-order valence-corrected chi connectivity index (χ0v) is 18.4. The summed E-state index contributed by atoms with van der Waals surface area (Å²) < 4.78 is 17.2. The highest BCUT2D eigenvalue weighted by atomic mass is 19.1. The number of alkyl halides is 1. The number of nitrogens with one attached hydrogen (secondary N) is 1. The molecule has 2 fully saturated rings. The first kappa shape index (κ1) is 20.7. The van der Waals surface area contributed by atoms with Gasteiger partial charge in [-0.3, -0.25) is 4.57 Å². The Morgan fingerprint density at radius 2 is 2.06 bits per heavy atom. The van der Waals surface area contributed by atoms with Gasteiger partial charge < -0.3 is 15.3 Å². The van der Waals surface area contributed by atoms with E-state index >= 15 is 4.39 Å². The largest absolute Gasteiger partial charge is 0.507 e. The number of aromatic hydroxyl groups is 1. The van der Waals surface area contributed by atoms with Crippen LogP contribution < -0.4 is 10.2 Å². The Morgan fingerprint density at radius 1 is 1.22 bits per heavy atom. The summed E-state index contributed by atoms with van der Waals surface area (Å²) in [6.45, 7) is 4.14. The number of piperidine rings is 2. The summed E-state index contributed by atoms with van der Waals surface area (Å²) in [5.41, 5.74) is 0.160. The van der Waals surface area contributed by atoms with Crippen LogP contribution in [0.4, 0.5) is 10.3 Å². The molecule has 0 aromatic carbocycles. The van der Waals surface area contributed by atoms with E-state index in [-0.39, 0.29) is 17.3 Å². The minimum atomic E-state index is -1.05. The lowest BCUT2D eigenvalue weighted by Crippen LogP contribution is -2.72. The van der Waals surface area contributed by atoms with E-state index in [1.807, 2.05) is 14.0 Å². The number of fused-ring (bicyclic) bond motifs is 2. The molecule has 3 aromatic rings. The van der Waals surface area contributed by atoms with Crippen LogP contribution in [0.3, 0.4) is 0 Å². The van der Waals surface area contributed by atoms with Gasteiger partial charge in [0.25, 0.3) is 0 Å². The lowest BCUT2D eigenvalue weighted by molar-refractivity contribution is 0.00178. The van der Waals surface area contributed by atoms with Crippen molar-refractivity contribution in [1.29, 1.82) is 0 Å². The Morgan fingerprint density at radius 3 is 2.75 bits per heavy atom. The number of halogens is 1. The third-order valence-electron chi connectivity index (χ3n) is 6.89. The Kier molecular flexibility index (Phi) is 4.85. The summed E-state index contributed by atoms with van der Waals surface area (Å²) in [5.74, 6) is 0.904. The highest BCUT2D eigenvalue weighted by molar-refractivity contribution is 5.66.